The van der Waals surface area contributed by atoms with Crippen LogP contribution < -0.4 is 0 Å². The third kappa shape index (κ3) is 2.44. The maximum absolute atomic E-state index is 12.3. The van der Waals surface area contributed by atoms with Crippen molar-refractivity contribution >= 4 is 46.3 Å². The first kappa shape index (κ1) is 23.6. The van der Waals surface area contributed by atoms with E-state index < -0.39 is 56.3 Å². The fraction of sp³-hybridized carbons (Fsp3) is 0.667. The van der Waals surface area contributed by atoms with Gasteiger partial charge in [0.15, 0.2) is 29.2 Å². The van der Waals surface area contributed by atoms with Gasteiger partial charge in [0.2, 0.25) is 16.3 Å². The number of aliphatic hydroxyl groups excluding tert-OH is 1. The summed E-state index contributed by atoms with van der Waals surface area (Å²) in [6.07, 6.45) is -2.62. The number of carbonyl (C=O) groups excluding carboxylic acids is 4. The lowest BCUT2D eigenvalue weighted by Crippen LogP contribution is -2.91. The lowest BCUT2D eigenvalue weighted by atomic mass is 9.59. The Bertz CT molecular complexity index is 782. The number of Topliss-reactive ketones (excluding diaryl/α,β-unsaturated/α-hetero) is 4. The lowest BCUT2D eigenvalue weighted by Gasteiger charge is -2.59. The smallest absolute Gasteiger partial charge is 0.381 e. The molecule has 0 bridgehead atoms. The minimum atomic E-state index is -3.87. The third-order valence-corrected chi connectivity index (χ3v) is 5.67. The lowest BCUT2D eigenvalue weighted by molar-refractivity contribution is -0.342. The van der Waals surface area contributed by atoms with Crippen LogP contribution >= 0.6 is 23.2 Å². The van der Waals surface area contributed by atoms with Crippen molar-refractivity contribution in [2.45, 2.75) is 60.8 Å². The van der Waals surface area contributed by atoms with Gasteiger partial charge in [-0.2, -0.15) is 0 Å². The number of alkyl halides is 2. The van der Waals surface area contributed by atoms with Gasteiger partial charge in [0.05, 0.1) is 0 Å². The second-order valence-corrected chi connectivity index (χ2v) is 7.31. The van der Waals surface area contributed by atoms with Crippen LogP contribution in [0.4, 0.5) is 0 Å². The van der Waals surface area contributed by atoms with Gasteiger partial charge in [0.1, 0.15) is 0 Å². The second kappa shape index (κ2) is 6.56. The quantitative estimate of drug-likeness (QED) is 0.237. The van der Waals surface area contributed by atoms with E-state index in [0.29, 0.717) is 20.8 Å². The summed E-state index contributed by atoms with van der Waals surface area (Å²) >= 11 is 11.9. The van der Waals surface area contributed by atoms with Gasteiger partial charge < -0.3 is 20.4 Å². The summed E-state index contributed by atoms with van der Waals surface area (Å²) < 4.78 is 4.89. The summed E-state index contributed by atoms with van der Waals surface area (Å²) in [6, 6.07) is 0. The number of carbonyl (C=O) groups is 4. The van der Waals surface area contributed by atoms with Crippen molar-refractivity contribution in [2.75, 3.05) is 0 Å². The molecule has 1 saturated heterocycles. The van der Waals surface area contributed by atoms with Crippen LogP contribution in [0, 0.1) is 6.57 Å². The molecule has 0 aromatic carbocycles. The number of hydrogen-bond acceptors (Lipinski definition) is 9. The van der Waals surface area contributed by atoms with Crippen LogP contribution in [0.15, 0.2) is 0 Å². The highest BCUT2D eigenvalue weighted by atomic mass is 35.5. The molecule has 0 saturated carbocycles. The molecule has 0 radical (unpaired) electrons. The summed E-state index contributed by atoms with van der Waals surface area (Å²) in [4.78, 5) is 51.2. The first-order valence-electron chi connectivity index (χ1n) is 7.31. The highest BCUT2D eigenvalue weighted by Gasteiger charge is 2.91. The zero-order chi connectivity index (χ0) is 21.8. The van der Waals surface area contributed by atoms with Crippen LogP contribution in [-0.2, 0) is 23.9 Å². The maximum atomic E-state index is 12.3. The van der Waals surface area contributed by atoms with Crippen LogP contribution in [0.2, 0.25) is 0 Å². The van der Waals surface area contributed by atoms with E-state index >= 15 is 0 Å². The molecular weight excluding hydrogens is 409 g/mol. The normalized spacial score (nSPS) is 42.7. The first-order valence-corrected chi connectivity index (χ1v) is 8.06. The number of rotatable bonds is 5. The molecule has 0 aliphatic carbocycles. The number of nitrogens with zero attached hydrogens (tertiary/aromatic N) is 1. The van der Waals surface area contributed by atoms with Crippen molar-refractivity contribution < 1.29 is 44.3 Å². The fourth-order valence-electron chi connectivity index (χ4n) is 3.17. The van der Waals surface area contributed by atoms with Gasteiger partial charge in [-0.3, -0.25) is 28.8 Å². The Kier molecular flexibility index (Phi) is 5.73. The van der Waals surface area contributed by atoms with E-state index in [2.05, 4.69) is 4.85 Å². The van der Waals surface area contributed by atoms with Crippen LogP contribution in [0.5, 0.6) is 0 Å². The molecule has 1 rings (SSSR count). The third-order valence-electron chi connectivity index (χ3n) is 4.68. The second-order valence-electron chi connectivity index (χ2n) is 6.23. The number of ketones is 4. The van der Waals surface area contributed by atoms with Crippen molar-refractivity contribution in [2.24, 2.45) is 0 Å². The number of aliphatic hydroxyl groups is 4. The van der Waals surface area contributed by atoms with Crippen LogP contribution in [0.25, 0.3) is 4.85 Å². The average molecular weight is 426 g/mol. The van der Waals surface area contributed by atoms with E-state index in [4.69, 9.17) is 34.5 Å². The van der Waals surface area contributed by atoms with Gasteiger partial charge in [0, 0.05) is 11.6 Å². The first-order chi connectivity index (χ1) is 12.0. The molecule has 10 nitrogen and oxygen atoms in total. The van der Waals surface area contributed by atoms with Crippen LogP contribution in [-0.4, -0.2) is 76.7 Å². The molecule has 1 aliphatic rings. The standard InChI is InChI=1S/C15H17Cl2NO9/c1-6(19)10(23)14(16)12(25,8(3)21)11(24,7(2)20)13(26,9(4)22)15(17,18-5)27-14/h10,23-26H,1-4H3/t10?,11-,12-,13+,14+,15?/m0/s1. The molecule has 27 heavy (non-hydrogen) atoms. The van der Waals surface area contributed by atoms with Crippen molar-refractivity contribution in [1.82, 2.24) is 0 Å². The average Bonchev–Trinajstić information content (AvgIpc) is 2.56. The molecule has 0 amide bonds. The van der Waals surface area contributed by atoms with Gasteiger partial charge in [-0.05, 0) is 27.7 Å². The molecule has 1 heterocycles. The highest BCUT2D eigenvalue weighted by Crippen LogP contribution is 2.59. The van der Waals surface area contributed by atoms with E-state index in [0.717, 1.165) is 6.92 Å². The van der Waals surface area contributed by atoms with E-state index in [9.17, 15) is 39.6 Å². The van der Waals surface area contributed by atoms with Crippen molar-refractivity contribution in [3.63, 3.8) is 0 Å². The summed E-state index contributed by atoms with van der Waals surface area (Å²) in [6.45, 7) is 9.66. The SMILES string of the molecule is [C-]#[N+]C1(Cl)O[C@](Cl)(C(O)C(C)=O)[C@](O)(C(C)=O)[C@@](O)(C(C)=O)[C@]1(O)C(C)=O. The summed E-state index contributed by atoms with van der Waals surface area (Å²) in [5.41, 5.74) is -11.4. The molecule has 4 N–H and O–H groups in total. The Hall–Kier alpha value is -1.45. The maximum Gasteiger partial charge on any atom is 0.459 e. The molecule has 150 valence electrons. The van der Waals surface area contributed by atoms with Gasteiger partial charge in [0.25, 0.3) is 5.60 Å². The summed E-state index contributed by atoms with van der Waals surface area (Å²) in [5.74, 6) is -5.94. The topological polar surface area (TPSA) is 163 Å². The van der Waals surface area contributed by atoms with Crippen molar-refractivity contribution in [3.8, 4) is 0 Å². The van der Waals surface area contributed by atoms with Gasteiger partial charge in [-0.25, -0.2) is 6.57 Å². The minimum Gasteiger partial charge on any atom is -0.381 e. The predicted molar refractivity (Wildman–Crippen MR) is 88.4 cm³/mol. The zero-order valence-electron chi connectivity index (χ0n) is 14.6. The van der Waals surface area contributed by atoms with Crippen LogP contribution in [0.3, 0.4) is 0 Å². The molecule has 0 aromatic rings. The molecule has 12 heteroatoms. The molecule has 0 aromatic heterocycles. The molecule has 0 spiro atoms. The Morgan fingerprint density at radius 2 is 1.26 bits per heavy atom. The molecule has 2 unspecified atom stereocenters. The Labute approximate surface area is 163 Å². The van der Waals surface area contributed by atoms with Gasteiger partial charge >= 0.3 is 5.18 Å². The monoisotopic (exact) mass is 425 g/mol. The van der Waals surface area contributed by atoms with Gasteiger partial charge in [-0.1, -0.05) is 11.6 Å². The number of ether oxygens (including phenoxy) is 1. The molecular formula is C15H17Cl2NO9. The zero-order valence-corrected chi connectivity index (χ0v) is 16.1. The van der Waals surface area contributed by atoms with Gasteiger partial charge in [-0.15, -0.1) is 0 Å². The minimum absolute atomic E-state index is 0.561. The summed E-state index contributed by atoms with van der Waals surface area (Å²) in [7, 11) is 0. The van der Waals surface area contributed by atoms with E-state index in [1.54, 1.807) is 0 Å². The predicted octanol–water partition coefficient (Wildman–Crippen LogP) is -1.33. The Balaban J connectivity index is 4.25. The summed E-state index contributed by atoms with van der Waals surface area (Å²) in [5, 5.41) is 36.3. The largest absolute Gasteiger partial charge is 0.459 e. The van der Waals surface area contributed by atoms with Crippen molar-refractivity contribution in [1.29, 1.82) is 0 Å². The number of halogens is 2. The number of hydrogen-bond donors (Lipinski definition) is 4. The Morgan fingerprint density at radius 3 is 1.52 bits per heavy atom. The van der Waals surface area contributed by atoms with Crippen LogP contribution in [0.1, 0.15) is 27.7 Å². The fourth-order valence-corrected chi connectivity index (χ4v) is 4.14. The van der Waals surface area contributed by atoms with E-state index in [1.807, 2.05) is 0 Å². The van der Waals surface area contributed by atoms with E-state index in [-0.39, 0.29) is 0 Å². The Morgan fingerprint density at radius 1 is 0.889 bits per heavy atom. The molecule has 1 aliphatic heterocycles. The van der Waals surface area contributed by atoms with Crippen molar-refractivity contribution in [3.05, 3.63) is 11.4 Å². The molecule has 6 atom stereocenters. The highest BCUT2D eigenvalue weighted by molar-refractivity contribution is 6.33. The van der Waals surface area contributed by atoms with E-state index in [1.165, 1.54) is 0 Å². The molecule has 1 fully saturated rings.